The van der Waals surface area contributed by atoms with Crippen molar-refractivity contribution in [2.75, 3.05) is 44.3 Å². The van der Waals surface area contributed by atoms with Gasteiger partial charge in [-0.15, -0.1) is 0 Å². The second-order valence-corrected chi connectivity index (χ2v) is 5.47. The standard InChI is InChI=1S/C16H20N4O/c1-19-8-10-20(11-9-19)16(21)18-15-7-3-4-12-13(15)5-2-6-14(12)17/h2-7H,8-11,17H2,1H3,(H,18,21). The van der Waals surface area contributed by atoms with Gasteiger partial charge in [0.15, 0.2) is 0 Å². The molecular formula is C16H20N4O. The van der Waals surface area contributed by atoms with Crippen LogP contribution in [-0.4, -0.2) is 49.1 Å². The maximum absolute atomic E-state index is 12.4. The van der Waals surface area contributed by atoms with Gasteiger partial charge in [-0.1, -0.05) is 24.3 Å². The molecule has 1 saturated heterocycles. The number of urea groups is 1. The molecule has 2 aromatic carbocycles. The number of carbonyl (C=O) groups excluding carboxylic acids is 1. The molecule has 5 nitrogen and oxygen atoms in total. The first-order chi connectivity index (χ1) is 10.1. The Morgan fingerprint density at radius 1 is 1.05 bits per heavy atom. The smallest absolute Gasteiger partial charge is 0.321 e. The number of amides is 2. The molecule has 0 saturated carbocycles. The van der Waals surface area contributed by atoms with E-state index >= 15 is 0 Å². The summed E-state index contributed by atoms with van der Waals surface area (Å²) < 4.78 is 0. The van der Waals surface area contributed by atoms with E-state index in [9.17, 15) is 4.79 Å². The van der Waals surface area contributed by atoms with Crippen molar-refractivity contribution >= 4 is 28.2 Å². The second-order valence-electron chi connectivity index (χ2n) is 5.47. The van der Waals surface area contributed by atoms with Crippen molar-refractivity contribution in [2.24, 2.45) is 0 Å². The van der Waals surface area contributed by atoms with Crippen molar-refractivity contribution in [3.8, 4) is 0 Å². The van der Waals surface area contributed by atoms with Gasteiger partial charge in [-0.25, -0.2) is 4.79 Å². The fourth-order valence-corrected chi connectivity index (χ4v) is 2.65. The molecule has 3 rings (SSSR count). The van der Waals surface area contributed by atoms with Crippen LogP contribution in [0.5, 0.6) is 0 Å². The molecule has 2 aromatic rings. The lowest BCUT2D eigenvalue weighted by atomic mass is 10.1. The lowest BCUT2D eigenvalue weighted by molar-refractivity contribution is 0.164. The number of rotatable bonds is 1. The fourth-order valence-electron chi connectivity index (χ4n) is 2.65. The summed E-state index contributed by atoms with van der Waals surface area (Å²) in [5, 5.41) is 4.95. The van der Waals surface area contributed by atoms with Crippen molar-refractivity contribution in [3.63, 3.8) is 0 Å². The number of piperazine rings is 1. The van der Waals surface area contributed by atoms with Gasteiger partial charge < -0.3 is 20.9 Å². The molecule has 3 N–H and O–H groups in total. The van der Waals surface area contributed by atoms with Crippen LogP contribution < -0.4 is 11.1 Å². The van der Waals surface area contributed by atoms with Crippen molar-refractivity contribution < 1.29 is 4.79 Å². The van der Waals surface area contributed by atoms with E-state index in [1.807, 2.05) is 41.3 Å². The van der Waals surface area contributed by atoms with Crippen LogP contribution in [0.3, 0.4) is 0 Å². The third kappa shape index (κ3) is 2.78. The molecule has 1 aliphatic rings. The van der Waals surface area contributed by atoms with Crippen LogP contribution in [0.15, 0.2) is 36.4 Å². The molecule has 5 heteroatoms. The van der Waals surface area contributed by atoms with E-state index in [0.29, 0.717) is 0 Å². The summed E-state index contributed by atoms with van der Waals surface area (Å²) in [6.45, 7) is 3.34. The largest absolute Gasteiger partial charge is 0.398 e. The van der Waals surface area contributed by atoms with Crippen LogP contribution in [0.1, 0.15) is 0 Å². The molecule has 0 unspecified atom stereocenters. The molecule has 0 aromatic heterocycles. The van der Waals surface area contributed by atoms with Crippen LogP contribution in [0.2, 0.25) is 0 Å². The van der Waals surface area contributed by atoms with Gasteiger partial charge in [-0.05, 0) is 19.2 Å². The third-order valence-electron chi connectivity index (χ3n) is 3.99. The maximum atomic E-state index is 12.4. The number of hydrogen-bond donors (Lipinski definition) is 2. The van der Waals surface area contributed by atoms with Gasteiger partial charge in [0.05, 0.1) is 5.69 Å². The van der Waals surface area contributed by atoms with Gasteiger partial charge in [-0.2, -0.15) is 0 Å². The zero-order valence-electron chi connectivity index (χ0n) is 12.2. The van der Waals surface area contributed by atoms with E-state index in [0.717, 1.165) is 48.3 Å². The zero-order chi connectivity index (χ0) is 14.8. The maximum Gasteiger partial charge on any atom is 0.321 e. The molecule has 21 heavy (non-hydrogen) atoms. The van der Waals surface area contributed by atoms with E-state index < -0.39 is 0 Å². The first-order valence-electron chi connectivity index (χ1n) is 7.17. The van der Waals surface area contributed by atoms with E-state index in [1.165, 1.54) is 0 Å². The number of benzene rings is 2. The molecule has 1 heterocycles. The predicted octanol–water partition coefficient (Wildman–Crippen LogP) is 2.20. The number of anilines is 2. The van der Waals surface area contributed by atoms with E-state index in [1.54, 1.807) is 0 Å². The number of likely N-dealkylation sites (N-methyl/N-ethyl adjacent to an activating group) is 1. The first kappa shape index (κ1) is 13.7. The average molecular weight is 284 g/mol. The molecule has 0 atom stereocenters. The van der Waals surface area contributed by atoms with Crippen LogP contribution in [-0.2, 0) is 0 Å². The van der Waals surface area contributed by atoms with Gasteiger partial charge in [0, 0.05) is 42.6 Å². The molecule has 0 bridgehead atoms. The number of nitrogens with two attached hydrogens (primary N) is 1. The number of fused-ring (bicyclic) bond motifs is 1. The minimum atomic E-state index is -0.0435. The van der Waals surface area contributed by atoms with E-state index in [2.05, 4.69) is 17.3 Å². The first-order valence-corrected chi connectivity index (χ1v) is 7.17. The number of nitrogen functional groups attached to an aromatic ring is 1. The minimum Gasteiger partial charge on any atom is -0.398 e. The average Bonchev–Trinajstić information content (AvgIpc) is 2.49. The minimum absolute atomic E-state index is 0.0435. The van der Waals surface area contributed by atoms with Crippen LogP contribution in [0.25, 0.3) is 10.8 Å². The Balaban J connectivity index is 1.82. The summed E-state index contributed by atoms with van der Waals surface area (Å²) in [4.78, 5) is 16.4. The topological polar surface area (TPSA) is 61.6 Å². The third-order valence-corrected chi connectivity index (χ3v) is 3.99. The van der Waals surface area contributed by atoms with E-state index in [4.69, 9.17) is 5.73 Å². The highest BCUT2D eigenvalue weighted by Crippen LogP contribution is 2.27. The van der Waals surface area contributed by atoms with Crippen molar-refractivity contribution in [1.82, 2.24) is 9.80 Å². The Labute approximate surface area is 124 Å². The lowest BCUT2D eigenvalue weighted by Gasteiger charge is -2.32. The van der Waals surface area contributed by atoms with Crippen molar-refractivity contribution in [2.45, 2.75) is 0 Å². The summed E-state index contributed by atoms with van der Waals surface area (Å²) in [7, 11) is 2.07. The van der Waals surface area contributed by atoms with Gasteiger partial charge in [-0.3, -0.25) is 0 Å². The summed E-state index contributed by atoms with van der Waals surface area (Å²) >= 11 is 0. The molecule has 1 fully saturated rings. The Kier molecular flexibility index (Phi) is 3.66. The predicted molar refractivity (Wildman–Crippen MR) is 86.4 cm³/mol. The Bertz CT molecular complexity index is 662. The molecule has 1 aliphatic heterocycles. The molecular weight excluding hydrogens is 264 g/mol. The number of nitrogens with zero attached hydrogens (tertiary/aromatic N) is 2. The summed E-state index contributed by atoms with van der Waals surface area (Å²) in [6.07, 6.45) is 0. The summed E-state index contributed by atoms with van der Waals surface area (Å²) in [5.74, 6) is 0. The van der Waals surface area contributed by atoms with Crippen LogP contribution >= 0.6 is 0 Å². The number of nitrogens with one attached hydrogen (secondary N) is 1. The molecule has 0 spiro atoms. The summed E-state index contributed by atoms with van der Waals surface area (Å²) in [5.41, 5.74) is 7.52. The quantitative estimate of drug-likeness (QED) is 0.789. The highest BCUT2D eigenvalue weighted by molar-refractivity contribution is 6.05. The highest BCUT2D eigenvalue weighted by atomic mass is 16.2. The lowest BCUT2D eigenvalue weighted by Crippen LogP contribution is -2.48. The summed E-state index contributed by atoms with van der Waals surface area (Å²) in [6, 6.07) is 11.5. The van der Waals surface area contributed by atoms with Gasteiger partial charge >= 0.3 is 6.03 Å². The molecule has 110 valence electrons. The van der Waals surface area contributed by atoms with Crippen LogP contribution in [0, 0.1) is 0 Å². The highest BCUT2D eigenvalue weighted by Gasteiger charge is 2.19. The normalized spacial score (nSPS) is 16.1. The van der Waals surface area contributed by atoms with E-state index in [-0.39, 0.29) is 6.03 Å². The van der Waals surface area contributed by atoms with Gasteiger partial charge in [0.25, 0.3) is 0 Å². The van der Waals surface area contributed by atoms with Gasteiger partial charge in [0.1, 0.15) is 0 Å². The SMILES string of the molecule is CN1CCN(C(=O)Nc2cccc3c(N)cccc23)CC1. The van der Waals surface area contributed by atoms with Crippen LogP contribution in [0.4, 0.5) is 16.2 Å². The van der Waals surface area contributed by atoms with Gasteiger partial charge in [0.2, 0.25) is 0 Å². The zero-order valence-corrected chi connectivity index (χ0v) is 12.2. The molecule has 0 radical (unpaired) electrons. The Morgan fingerprint density at radius 3 is 2.48 bits per heavy atom. The monoisotopic (exact) mass is 284 g/mol. The van der Waals surface area contributed by atoms with Crippen molar-refractivity contribution in [3.05, 3.63) is 36.4 Å². The number of hydrogen-bond acceptors (Lipinski definition) is 3. The second kappa shape index (κ2) is 5.61. The Morgan fingerprint density at radius 2 is 1.71 bits per heavy atom. The number of carbonyl (C=O) groups is 1. The van der Waals surface area contributed by atoms with Crippen molar-refractivity contribution in [1.29, 1.82) is 0 Å². The Hall–Kier alpha value is -2.27. The molecule has 2 amide bonds. The molecule has 0 aliphatic carbocycles. The fraction of sp³-hybridized carbons (Fsp3) is 0.312.